The molecule has 2 aromatic rings. The SMILES string of the molecule is NC(=O)C1CCC(C(=O)N2CCCCC2C(=O)NCCCNC(=O)OCC2c3ccccc3-c3ccccc32)CC1. The topological polar surface area (TPSA) is 131 Å². The Morgan fingerprint density at radius 3 is 2.07 bits per heavy atom. The number of carbonyl (C=O) groups excluding carboxylic acids is 4. The summed E-state index contributed by atoms with van der Waals surface area (Å²) in [5, 5.41) is 5.73. The Kier molecular flexibility index (Phi) is 9.21. The molecule has 2 aromatic carbocycles. The first-order valence-corrected chi connectivity index (χ1v) is 14.9. The van der Waals surface area contributed by atoms with Crippen LogP contribution in [0.2, 0.25) is 0 Å². The van der Waals surface area contributed by atoms with Gasteiger partial charge >= 0.3 is 6.09 Å². The second-order valence-electron chi connectivity index (χ2n) is 11.4. The van der Waals surface area contributed by atoms with E-state index < -0.39 is 12.1 Å². The normalized spacial score (nSPS) is 21.9. The number of ether oxygens (including phenoxy) is 1. The van der Waals surface area contributed by atoms with Crippen LogP contribution in [-0.4, -0.2) is 61.0 Å². The number of primary amides is 1. The number of nitrogens with one attached hydrogen (secondary N) is 2. The van der Waals surface area contributed by atoms with Gasteiger partial charge < -0.3 is 26.0 Å². The molecule has 2 aliphatic carbocycles. The molecule has 0 bridgehead atoms. The molecule has 3 aliphatic rings. The van der Waals surface area contributed by atoms with Crippen LogP contribution in [0.4, 0.5) is 4.79 Å². The van der Waals surface area contributed by atoms with Gasteiger partial charge in [-0.05, 0) is 73.6 Å². The molecule has 0 spiro atoms. The second-order valence-corrected chi connectivity index (χ2v) is 11.4. The van der Waals surface area contributed by atoms with E-state index in [1.165, 1.54) is 11.1 Å². The molecule has 9 heteroatoms. The molecule has 4 N–H and O–H groups in total. The average Bonchev–Trinajstić information content (AvgIpc) is 3.33. The Morgan fingerprint density at radius 2 is 1.41 bits per heavy atom. The predicted octanol–water partition coefficient (Wildman–Crippen LogP) is 3.70. The van der Waals surface area contributed by atoms with Crippen LogP contribution in [0.25, 0.3) is 11.1 Å². The number of hydrogen-bond acceptors (Lipinski definition) is 5. The van der Waals surface area contributed by atoms with Crippen molar-refractivity contribution in [3.8, 4) is 11.1 Å². The van der Waals surface area contributed by atoms with Gasteiger partial charge in [0.2, 0.25) is 17.7 Å². The highest BCUT2D eigenvalue weighted by atomic mass is 16.5. The number of nitrogens with zero attached hydrogens (tertiary/aromatic N) is 1. The summed E-state index contributed by atoms with van der Waals surface area (Å²) in [5.74, 6) is -0.720. The van der Waals surface area contributed by atoms with Gasteiger partial charge in [0, 0.05) is 37.4 Å². The maximum Gasteiger partial charge on any atom is 0.407 e. The third-order valence-electron chi connectivity index (χ3n) is 8.83. The van der Waals surface area contributed by atoms with Gasteiger partial charge in [0.1, 0.15) is 12.6 Å². The van der Waals surface area contributed by atoms with Crippen molar-refractivity contribution in [1.29, 1.82) is 0 Å². The van der Waals surface area contributed by atoms with Crippen molar-refractivity contribution in [3.05, 3.63) is 59.7 Å². The molecule has 5 rings (SSSR count). The quantitative estimate of drug-likeness (QED) is 0.403. The number of fused-ring (bicyclic) bond motifs is 3. The van der Waals surface area contributed by atoms with Crippen molar-refractivity contribution in [2.75, 3.05) is 26.2 Å². The van der Waals surface area contributed by atoms with E-state index in [1.807, 2.05) is 24.3 Å². The fourth-order valence-electron chi connectivity index (χ4n) is 6.58. The molecule has 2 fully saturated rings. The molecule has 1 aliphatic heterocycles. The Labute approximate surface area is 241 Å². The number of piperidine rings is 1. The first-order valence-electron chi connectivity index (χ1n) is 14.9. The number of amides is 4. The lowest BCUT2D eigenvalue weighted by molar-refractivity contribution is -0.146. The van der Waals surface area contributed by atoms with Gasteiger partial charge in [-0.25, -0.2) is 4.79 Å². The molecule has 4 amide bonds. The van der Waals surface area contributed by atoms with Crippen LogP contribution in [0.3, 0.4) is 0 Å². The number of nitrogens with two attached hydrogens (primary N) is 1. The molecular formula is C32H40N4O5. The van der Waals surface area contributed by atoms with Gasteiger partial charge in [-0.1, -0.05) is 48.5 Å². The number of hydrogen-bond donors (Lipinski definition) is 3. The first kappa shape index (κ1) is 28.6. The zero-order valence-corrected chi connectivity index (χ0v) is 23.5. The van der Waals surface area contributed by atoms with Crippen molar-refractivity contribution >= 4 is 23.8 Å². The Balaban J connectivity index is 1.03. The van der Waals surface area contributed by atoms with E-state index in [0.29, 0.717) is 58.2 Å². The average molecular weight is 561 g/mol. The monoisotopic (exact) mass is 560 g/mol. The summed E-state index contributed by atoms with van der Waals surface area (Å²) in [6, 6.07) is 15.9. The van der Waals surface area contributed by atoms with E-state index >= 15 is 0 Å². The standard InChI is InChI=1S/C32H40N4O5/c33-29(37)21-13-15-22(16-14-21)31(39)36-19-6-5-12-28(36)30(38)34-17-7-18-35-32(40)41-20-27-25-10-3-1-8-23(25)24-9-2-4-11-26(24)27/h1-4,8-11,21-22,27-28H,5-7,12-20H2,(H2,33,37)(H,34,38)(H,35,40). The molecule has 1 heterocycles. The van der Waals surface area contributed by atoms with Gasteiger partial charge in [-0.3, -0.25) is 14.4 Å². The molecule has 1 atom stereocenters. The number of benzene rings is 2. The third kappa shape index (κ3) is 6.55. The van der Waals surface area contributed by atoms with Crippen LogP contribution < -0.4 is 16.4 Å². The summed E-state index contributed by atoms with van der Waals surface area (Å²) in [4.78, 5) is 51.9. The van der Waals surface area contributed by atoms with Crippen molar-refractivity contribution in [2.24, 2.45) is 17.6 Å². The third-order valence-corrected chi connectivity index (χ3v) is 8.83. The summed E-state index contributed by atoms with van der Waals surface area (Å²) in [6.07, 6.45) is 5.04. The van der Waals surface area contributed by atoms with Crippen LogP contribution >= 0.6 is 0 Å². The molecule has 9 nitrogen and oxygen atoms in total. The molecule has 0 aromatic heterocycles. The summed E-state index contributed by atoms with van der Waals surface area (Å²) in [5.41, 5.74) is 10.1. The Hall–Kier alpha value is -3.88. The number of likely N-dealkylation sites (tertiary alicyclic amines) is 1. The lowest BCUT2D eigenvalue weighted by atomic mass is 9.80. The molecule has 1 saturated carbocycles. The van der Waals surface area contributed by atoms with Crippen LogP contribution in [-0.2, 0) is 19.1 Å². The summed E-state index contributed by atoms with van der Waals surface area (Å²) >= 11 is 0. The first-order chi connectivity index (χ1) is 19.9. The minimum atomic E-state index is -0.478. The van der Waals surface area contributed by atoms with Gasteiger partial charge in [0.15, 0.2) is 0 Å². The Morgan fingerprint density at radius 1 is 0.805 bits per heavy atom. The maximum atomic E-state index is 13.3. The van der Waals surface area contributed by atoms with Crippen molar-refractivity contribution in [3.63, 3.8) is 0 Å². The van der Waals surface area contributed by atoms with E-state index in [9.17, 15) is 19.2 Å². The summed E-state index contributed by atoms with van der Waals surface area (Å²) in [7, 11) is 0. The van der Waals surface area contributed by atoms with Crippen LogP contribution in [0, 0.1) is 11.8 Å². The molecule has 218 valence electrons. The Bertz CT molecular complexity index is 1230. The van der Waals surface area contributed by atoms with E-state index in [4.69, 9.17) is 10.5 Å². The summed E-state index contributed by atoms with van der Waals surface area (Å²) < 4.78 is 5.57. The van der Waals surface area contributed by atoms with Gasteiger partial charge in [-0.15, -0.1) is 0 Å². The highest BCUT2D eigenvalue weighted by molar-refractivity contribution is 5.89. The molecule has 1 unspecified atom stereocenters. The van der Waals surface area contributed by atoms with E-state index in [2.05, 4.69) is 34.9 Å². The molecule has 41 heavy (non-hydrogen) atoms. The van der Waals surface area contributed by atoms with E-state index in [1.54, 1.807) is 4.90 Å². The van der Waals surface area contributed by atoms with Gasteiger partial charge in [-0.2, -0.15) is 0 Å². The van der Waals surface area contributed by atoms with Crippen LogP contribution in [0.5, 0.6) is 0 Å². The zero-order valence-electron chi connectivity index (χ0n) is 23.5. The highest BCUT2D eigenvalue weighted by Crippen LogP contribution is 2.44. The maximum absolute atomic E-state index is 13.3. The zero-order chi connectivity index (χ0) is 28.8. The van der Waals surface area contributed by atoms with Crippen molar-refractivity contribution < 1.29 is 23.9 Å². The van der Waals surface area contributed by atoms with Gasteiger partial charge in [0.25, 0.3) is 0 Å². The fourth-order valence-corrected chi connectivity index (χ4v) is 6.58. The van der Waals surface area contributed by atoms with Crippen LogP contribution in [0.1, 0.15) is 68.4 Å². The van der Waals surface area contributed by atoms with E-state index in [-0.39, 0.29) is 42.1 Å². The van der Waals surface area contributed by atoms with E-state index in [0.717, 1.165) is 24.0 Å². The van der Waals surface area contributed by atoms with Crippen LogP contribution in [0.15, 0.2) is 48.5 Å². The lowest BCUT2D eigenvalue weighted by Crippen LogP contribution is -2.54. The highest BCUT2D eigenvalue weighted by Gasteiger charge is 2.37. The minimum Gasteiger partial charge on any atom is -0.449 e. The second kappa shape index (κ2) is 13.2. The molecule has 0 radical (unpaired) electrons. The van der Waals surface area contributed by atoms with Crippen molar-refractivity contribution in [1.82, 2.24) is 15.5 Å². The summed E-state index contributed by atoms with van der Waals surface area (Å²) in [6.45, 7) is 1.60. The number of alkyl carbamates (subject to hydrolysis) is 1. The number of rotatable bonds is 9. The molecular weight excluding hydrogens is 520 g/mol. The smallest absolute Gasteiger partial charge is 0.407 e. The largest absolute Gasteiger partial charge is 0.449 e. The lowest BCUT2D eigenvalue weighted by Gasteiger charge is -2.38. The van der Waals surface area contributed by atoms with Crippen molar-refractivity contribution in [2.45, 2.75) is 63.3 Å². The molecule has 1 saturated heterocycles. The number of carbonyl (C=O) groups is 4. The fraction of sp³-hybridized carbons (Fsp3) is 0.500. The predicted molar refractivity (Wildman–Crippen MR) is 155 cm³/mol. The minimum absolute atomic E-state index is 0.00628. The van der Waals surface area contributed by atoms with Gasteiger partial charge in [0.05, 0.1) is 0 Å².